The Kier molecular flexibility index (Phi) is 3.63. The molecule has 1 N–H and O–H groups in total. The van der Waals surface area contributed by atoms with Gasteiger partial charge in [-0.25, -0.2) is 9.67 Å². The number of nitrogens with zero attached hydrogens (tertiary/aromatic N) is 4. The van der Waals surface area contributed by atoms with Gasteiger partial charge in [0.15, 0.2) is 5.65 Å². The molecule has 6 nitrogen and oxygen atoms in total. The van der Waals surface area contributed by atoms with Crippen LogP contribution in [0.2, 0.25) is 0 Å². The second-order valence-corrected chi connectivity index (χ2v) is 5.87. The summed E-state index contributed by atoms with van der Waals surface area (Å²) in [5.41, 5.74) is 1.47. The first-order valence-electron chi connectivity index (χ1n) is 7.43. The van der Waals surface area contributed by atoms with Crippen LogP contribution in [0.4, 0.5) is 0 Å². The molecule has 21 heavy (non-hydrogen) atoms. The molecular formula is C15H21N5O. The molecule has 1 atom stereocenters. The zero-order chi connectivity index (χ0) is 15.0. The lowest BCUT2D eigenvalue weighted by Gasteiger charge is -2.33. The molecule has 0 spiro atoms. The van der Waals surface area contributed by atoms with Crippen molar-refractivity contribution in [3.8, 4) is 0 Å². The lowest BCUT2D eigenvalue weighted by Crippen LogP contribution is -2.52. The molecule has 2 aromatic rings. The van der Waals surface area contributed by atoms with Crippen LogP contribution in [0.15, 0.2) is 18.5 Å². The number of carbonyl (C=O) groups is 1. The Balaban J connectivity index is 1.92. The van der Waals surface area contributed by atoms with Crippen LogP contribution in [0.5, 0.6) is 0 Å². The fourth-order valence-corrected chi connectivity index (χ4v) is 2.74. The number of pyridine rings is 1. The minimum absolute atomic E-state index is 0.0516. The summed E-state index contributed by atoms with van der Waals surface area (Å²) in [4.78, 5) is 19.0. The largest absolute Gasteiger partial charge is 0.333 e. The number of rotatable bonds is 2. The first kappa shape index (κ1) is 14.0. The van der Waals surface area contributed by atoms with E-state index in [0.29, 0.717) is 5.56 Å². The molecule has 1 aliphatic rings. The van der Waals surface area contributed by atoms with Gasteiger partial charge in [-0.2, -0.15) is 5.10 Å². The third-order valence-corrected chi connectivity index (χ3v) is 3.93. The summed E-state index contributed by atoms with van der Waals surface area (Å²) in [6.07, 6.45) is 3.44. The average Bonchev–Trinajstić information content (AvgIpc) is 2.90. The van der Waals surface area contributed by atoms with Gasteiger partial charge in [0.25, 0.3) is 5.91 Å². The van der Waals surface area contributed by atoms with E-state index in [2.05, 4.69) is 36.2 Å². The second-order valence-electron chi connectivity index (χ2n) is 5.87. The Morgan fingerprint density at radius 3 is 2.95 bits per heavy atom. The Labute approximate surface area is 124 Å². The fourth-order valence-electron chi connectivity index (χ4n) is 2.74. The lowest BCUT2D eigenvalue weighted by molar-refractivity contribution is 0.0655. The van der Waals surface area contributed by atoms with E-state index >= 15 is 0 Å². The first-order valence-corrected chi connectivity index (χ1v) is 7.43. The summed E-state index contributed by atoms with van der Waals surface area (Å²) < 4.78 is 1.87. The van der Waals surface area contributed by atoms with Crippen molar-refractivity contribution >= 4 is 16.9 Å². The monoisotopic (exact) mass is 287 g/mol. The van der Waals surface area contributed by atoms with Crippen molar-refractivity contribution < 1.29 is 4.79 Å². The number of carbonyl (C=O) groups excluding carboxylic acids is 1. The van der Waals surface area contributed by atoms with Crippen LogP contribution >= 0.6 is 0 Å². The Morgan fingerprint density at radius 2 is 2.24 bits per heavy atom. The number of fused-ring (bicyclic) bond motifs is 1. The highest BCUT2D eigenvalue weighted by Gasteiger charge is 2.24. The SMILES string of the molecule is CC(C)n1ncc2cc(C(=O)N3CCNC[C@H]3C)cnc21. The maximum Gasteiger partial charge on any atom is 0.255 e. The van der Waals surface area contributed by atoms with E-state index in [1.165, 1.54) is 0 Å². The molecule has 0 aliphatic carbocycles. The zero-order valence-corrected chi connectivity index (χ0v) is 12.7. The molecule has 1 amide bonds. The van der Waals surface area contributed by atoms with Crippen molar-refractivity contribution in [2.45, 2.75) is 32.9 Å². The normalized spacial score (nSPS) is 19.4. The summed E-state index contributed by atoms with van der Waals surface area (Å²) in [5, 5.41) is 8.55. The number of hydrogen-bond acceptors (Lipinski definition) is 4. The van der Waals surface area contributed by atoms with Gasteiger partial charge in [-0.05, 0) is 26.8 Å². The molecule has 1 aliphatic heterocycles. The standard InChI is InChI=1S/C15H21N5O/c1-10(2)20-14-12(9-18-20)6-13(8-17-14)15(21)19-5-4-16-7-11(19)3/h6,8-11,16H,4-5,7H2,1-3H3/t11-/m1/s1. The van der Waals surface area contributed by atoms with Gasteiger partial charge in [0.05, 0.1) is 11.8 Å². The molecule has 3 rings (SSSR count). The third kappa shape index (κ3) is 2.51. The van der Waals surface area contributed by atoms with E-state index < -0.39 is 0 Å². The molecule has 0 unspecified atom stereocenters. The predicted octanol–water partition coefficient (Wildman–Crippen LogP) is 1.45. The van der Waals surface area contributed by atoms with Gasteiger partial charge < -0.3 is 10.2 Å². The van der Waals surface area contributed by atoms with Crippen LogP contribution in [0.1, 0.15) is 37.2 Å². The van der Waals surface area contributed by atoms with E-state index in [-0.39, 0.29) is 18.0 Å². The highest BCUT2D eigenvalue weighted by molar-refractivity contribution is 5.97. The molecule has 0 saturated carbocycles. The molecular weight excluding hydrogens is 266 g/mol. The molecule has 6 heteroatoms. The van der Waals surface area contributed by atoms with Gasteiger partial charge in [-0.3, -0.25) is 4.79 Å². The van der Waals surface area contributed by atoms with Crippen LogP contribution in [-0.2, 0) is 0 Å². The van der Waals surface area contributed by atoms with Crippen LogP contribution in [-0.4, -0.2) is 51.2 Å². The highest BCUT2D eigenvalue weighted by atomic mass is 16.2. The Bertz CT molecular complexity index is 663. The molecule has 112 valence electrons. The van der Waals surface area contributed by atoms with Gasteiger partial charge in [0, 0.05) is 43.3 Å². The van der Waals surface area contributed by atoms with E-state index in [4.69, 9.17) is 0 Å². The second kappa shape index (κ2) is 5.44. The molecule has 1 fully saturated rings. The third-order valence-electron chi connectivity index (χ3n) is 3.93. The summed E-state index contributed by atoms with van der Waals surface area (Å²) in [6, 6.07) is 2.36. The number of piperazine rings is 1. The van der Waals surface area contributed by atoms with Gasteiger partial charge >= 0.3 is 0 Å². The van der Waals surface area contributed by atoms with Crippen molar-refractivity contribution in [3.05, 3.63) is 24.0 Å². The molecule has 2 aromatic heterocycles. The first-order chi connectivity index (χ1) is 10.1. The average molecular weight is 287 g/mol. The van der Waals surface area contributed by atoms with Gasteiger partial charge in [-0.1, -0.05) is 0 Å². The van der Waals surface area contributed by atoms with Crippen LogP contribution in [0.25, 0.3) is 11.0 Å². The Morgan fingerprint density at radius 1 is 1.43 bits per heavy atom. The zero-order valence-electron chi connectivity index (χ0n) is 12.7. The molecule has 1 saturated heterocycles. The van der Waals surface area contributed by atoms with Crippen LogP contribution < -0.4 is 5.32 Å². The van der Waals surface area contributed by atoms with E-state index in [9.17, 15) is 4.79 Å². The Hall–Kier alpha value is -1.95. The summed E-state index contributed by atoms with van der Waals surface area (Å²) in [5.74, 6) is 0.0516. The van der Waals surface area contributed by atoms with Crippen molar-refractivity contribution in [2.24, 2.45) is 0 Å². The predicted molar refractivity (Wildman–Crippen MR) is 81.3 cm³/mol. The number of hydrogen-bond donors (Lipinski definition) is 1. The summed E-state index contributed by atoms with van der Waals surface area (Å²) in [7, 11) is 0. The highest BCUT2D eigenvalue weighted by Crippen LogP contribution is 2.18. The molecule has 0 bridgehead atoms. The maximum atomic E-state index is 12.6. The van der Waals surface area contributed by atoms with E-state index in [0.717, 1.165) is 30.7 Å². The van der Waals surface area contributed by atoms with E-state index in [1.807, 2.05) is 15.6 Å². The lowest BCUT2D eigenvalue weighted by atomic mass is 10.1. The smallest absolute Gasteiger partial charge is 0.255 e. The van der Waals surface area contributed by atoms with Crippen molar-refractivity contribution in [1.29, 1.82) is 0 Å². The van der Waals surface area contributed by atoms with Crippen LogP contribution in [0.3, 0.4) is 0 Å². The van der Waals surface area contributed by atoms with Gasteiger partial charge in [-0.15, -0.1) is 0 Å². The number of aromatic nitrogens is 3. The van der Waals surface area contributed by atoms with E-state index in [1.54, 1.807) is 12.4 Å². The molecule has 3 heterocycles. The van der Waals surface area contributed by atoms with Gasteiger partial charge in [0.1, 0.15) is 0 Å². The molecule has 0 aromatic carbocycles. The summed E-state index contributed by atoms with van der Waals surface area (Å²) in [6.45, 7) is 8.62. The van der Waals surface area contributed by atoms with Crippen molar-refractivity contribution in [3.63, 3.8) is 0 Å². The molecule has 0 radical (unpaired) electrons. The van der Waals surface area contributed by atoms with Crippen molar-refractivity contribution in [1.82, 2.24) is 25.0 Å². The van der Waals surface area contributed by atoms with Crippen LogP contribution in [0, 0.1) is 0 Å². The maximum absolute atomic E-state index is 12.6. The van der Waals surface area contributed by atoms with Crippen molar-refractivity contribution in [2.75, 3.05) is 19.6 Å². The quantitative estimate of drug-likeness (QED) is 0.908. The van der Waals surface area contributed by atoms with Gasteiger partial charge in [0.2, 0.25) is 0 Å². The minimum Gasteiger partial charge on any atom is -0.333 e. The fraction of sp³-hybridized carbons (Fsp3) is 0.533. The summed E-state index contributed by atoms with van der Waals surface area (Å²) >= 11 is 0. The topological polar surface area (TPSA) is 63.1 Å². The number of nitrogens with one attached hydrogen (secondary N) is 1. The minimum atomic E-state index is 0.0516. The number of amides is 1.